The summed E-state index contributed by atoms with van der Waals surface area (Å²) in [4.78, 5) is 42.3. The van der Waals surface area contributed by atoms with Crippen LogP contribution in [-0.4, -0.2) is 28.0 Å². The van der Waals surface area contributed by atoms with Crippen LogP contribution < -0.4 is 10.3 Å². The van der Waals surface area contributed by atoms with Gasteiger partial charge < -0.3 is 14.5 Å². The number of aromatic amines is 1. The Labute approximate surface area is 181 Å². The normalized spacial score (nSPS) is 10.7. The molecule has 32 heavy (non-hydrogen) atoms. The summed E-state index contributed by atoms with van der Waals surface area (Å²) >= 11 is 0. The van der Waals surface area contributed by atoms with Gasteiger partial charge in [0.1, 0.15) is 18.2 Å². The van der Waals surface area contributed by atoms with Crippen molar-refractivity contribution in [3.63, 3.8) is 0 Å². The number of H-pyrrole nitrogens is 1. The highest BCUT2D eigenvalue weighted by molar-refractivity contribution is 5.92. The average Bonchev–Trinajstić information content (AvgIpc) is 2.82. The molecule has 0 aliphatic heterocycles. The number of hydrogen-bond donors (Lipinski definition) is 1. The number of esters is 1. The van der Waals surface area contributed by atoms with Crippen molar-refractivity contribution >= 4 is 22.6 Å². The maximum atomic E-state index is 12.3. The summed E-state index contributed by atoms with van der Waals surface area (Å²) in [6.45, 7) is -0.202. The van der Waals surface area contributed by atoms with Gasteiger partial charge in [0.15, 0.2) is 0 Å². The lowest BCUT2D eigenvalue weighted by molar-refractivity contribution is -0.385. The third kappa shape index (κ3) is 4.04. The summed E-state index contributed by atoms with van der Waals surface area (Å²) < 4.78 is 10.4. The number of nitrogens with zero attached hydrogens (tertiary/aromatic N) is 2. The second-order valence-electron chi connectivity index (χ2n) is 6.80. The van der Waals surface area contributed by atoms with Crippen molar-refractivity contribution in [1.29, 1.82) is 0 Å². The van der Waals surface area contributed by atoms with E-state index >= 15 is 0 Å². The standard InChI is InChI=1S/C23H17N3O6/c1-31-23(28)16-6-4-8-20(26(29)30)18(16)13-32-15-11-9-14(10-12-15)21-24-19-7-3-2-5-17(19)22(27)25-21/h2-12H,13H2,1H3,(H,24,25,27). The van der Waals surface area contributed by atoms with Gasteiger partial charge in [-0.3, -0.25) is 14.9 Å². The van der Waals surface area contributed by atoms with E-state index in [1.165, 1.54) is 25.3 Å². The van der Waals surface area contributed by atoms with Gasteiger partial charge in [0.05, 0.1) is 34.1 Å². The SMILES string of the molecule is COC(=O)c1cccc([N+](=O)[O-])c1COc1ccc(-c2nc3ccccc3c(=O)[nH]2)cc1. The van der Waals surface area contributed by atoms with E-state index < -0.39 is 10.9 Å². The quantitative estimate of drug-likeness (QED) is 0.279. The fourth-order valence-electron chi connectivity index (χ4n) is 3.29. The van der Waals surface area contributed by atoms with Gasteiger partial charge in [0, 0.05) is 11.6 Å². The van der Waals surface area contributed by atoms with Crippen LogP contribution in [0.4, 0.5) is 5.69 Å². The van der Waals surface area contributed by atoms with Crippen molar-refractivity contribution in [1.82, 2.24) is 9.97 Å². The van der Waals surface area contributed by atoms with Crippen molar-refractivity contribution in [2.45, 2.75) is 6.61 Å². The zero-order valence-corrected chi connectivity index (χ0v) is 16.9. The predicted octanol–water partition coefficient (Wildman–Crippen LogP) is 3.86. The summed E-state index contributed by atoms with van der Waals surface area (Å²) in [5, 5.41) is 11.9. The molecule has 0 radical (unpaired) electrons. The molecule has 3 aromatic carbocycles. The monoisotopic (exact) mass is 431 g/mol. The number of benzene rings is 3. The van der Waals surface area contributed by atoms with Crippen molar-refractivity contribution in [2.75, 3.05) is 7.11 Å². The van der Waals surface area contributed by atoms with Crippen molar-refractivity contribution in [2.24, 2.45) is 0 Å². The van der Waals surface area contributed by atoms with E-state index in [9.17, 15) is 19.7 Å². The number of methoxy groups -OCH3 is 1. The molecular weight excluding hydrogens is 414 g/mol. The Balaban J connectivity index is 1.59. The minimum Gasteiger partial charge on any atom is -0.489 e. The first-order valence-electron chi connectivity index (χ1n) is 9.55. The molecule has 9 nitrogen and oxygen atoms in total. The van der Waals surface area contributed by atoms with Crippen LogP contribution in [0, 0.1) is 10.1 Å². The van der Waals surface area contributed by atoms with Gasteiger partial charge in [-0.2, -0.15) is 0 Å². The number of para-hydroxylation sites is 1. The second-order valence-corrected chi connectivity index (χ2v) is 6.80. The Hall–Kier alpha value is -4.53. The predicted molar refractivity (Wildman–Crippen MR) is 117 cm³/mol. The number of carbonyl (C=O) groups is 1. The van der Waals surface area contributed by atoms with Gasteiger partial charge in [-0.05, 0) is 42.5 Å². The molecule has 0 bridgehead atoms. The van der Waals surface area contributed by atoms with Gasteiger partial charge in [0.2, 0.25) is 0 Å². The Bertz CT molecular complexity index is 1380. The number of nitro benzene ring substituents is 1. The lowest BCUT2D eigenvalue weighted by atomic mass is 10.1. The molecule has 1 heterocycles. The number of hydrogen-bond acceptors (Lipinski definition) is 7. The smallest absolute Gasteiger partial charge is 0.338 e. The number of nitro groups is 1. The van der Waals surface area contributed by atoms with Crippen molar-refractivity contribution in [3.8, 4) is 17.1 Å². The zero-order chi connectivity index (χ0) is 22.7. The van der Waals surface area contributed by atoms with E-state index in [0.29, 0.717) is 28.0 Å². The molecule has 4 aromatic rings. The lowest BCUT2D eigenvalue weighted by Gasteiger charge is -2.11. The zero-order valence-electron chi connectivity index (χ0n) is 16.9. The molecule has 1 aromatic heterocycles. The Morgan fingerprint density at radius 1 is 1.06 bits per heavy atom. The third-order valence-electron chi connectivity index (χ3n) is 4.88. The summed E-state index contributed by atoms with van der Waals surface area (Å²) in [6, 6.07) is 17.9. The number of ether oxygens (including phenoxy) is 2. The van der Waals surface area contributed by atoms with Crippen LogP contribution in [0.3, 0.4) is 0 Å². The van der Waals surface area contributed by atoms with E-state index in [1.807, 2.05) is 0 Å². The lowest BCUT2D eigenvalue weighted by Crippen LogP contribution is -2.10. The van der Waals surface area contributed by atoms with E-state index in [4.69, 9.17) is 9.47 Å². The van der Waals surface area contributed by atoms with Gasteiger partial charge >= 0.3 is 5.97 Å². The fraction of sp³-hybridized carbons (Fsp3) is 0.0870. The molecule has 4 rings (SSSR count). The van der Waals surface area contributed by atoms with Crippen LogP contribution >= 0.6 is 0 Å². The first kappa shape index (κ1) is 20.7. The van der Waals surface area contributed by atoms with Crippen LogP contribution in [-0.2, 0) is 11.3 Å². The summed E-state index contributed by atoms with van der Waals surface area (Å²) in [6.07, 6.45) is 0. The maximum Gasteiger partial charge on any atom is 0.338 e. The molecule has 0 fully saturated rings. The first-order valence-corrected chi connectivity index (χ1v) is 9.55. The molecular formula is C23H17N3O6. The van der Waals surface area contributed by atoms with Crippen LogP contribution in [0.2, 0.25) is 0 Å². The second kappa shape index (κ2) is 8.68. The number of rotatable bonds is 6. The molecule has 0 saturated heterocycles. The number of fused-ring (bicyclic) bond motifs is 1. The Morgan fingerprint density at radius 2 is 1.81 bits per heavy atom. The highest BCUT2D eigenvalue weighted by atomic mass is 16.6. The van der Waals surface area contributed by atoms with Gasteiger partial charge in [0.25, 0.3) is 11.2 Å². The molecule has 0 saturated carbocycles. The van der Waals surface area contributed by atoms with E-state index in [2.05, 4.69) is 9.97 Å². The highest BCUT2D eigenvalue weighted by Gasteiger charge is 2.22. The van der Waals surface area contributed by atoms with Crippen molar-refractivity contribution in [3.05, 3.63) is 98.3 Å². The maximum absolute atomic E-state index is 12.3. The van der Waals surface area contributed by atoms with Crippen LogP contribution in [0.5, 0.6) is 5.75 Å². The molecule has 9 heteroatoms. The third-order valence-corrected chi connectivity index (χ3v) is 4.88. The number of carbonyl (C=O) groups excluding carboxylic acids is 1. The summed E-state index contributed by atoms with van der Waals surface area (Å²) in [7, 11) is 1.20. The highest BCUT2D eigenvalue weighted by Crippen LogP contribution is 2.26. The molecule has 0 aliphatic carbocycles. The molecule has 0 spiro atoms. The van der Waals surface area contributed by atoms with E-state index in [-0.39, 0.29) is 29.0 Å². The molecule has 0 atom stereocenters. The summed E-state index contributed by atoms with van der Waals surface area (Å²) in [5.74, 6) is 0.145. The van der Waals surface area contributed by atoms with Gasteiger partial charge in [-0.1, -0.05) is 18.2 Å². The number of aromatic nitrogens is 2. The Kier molecular flexibility index (Phi) is 5.63. The topological polar surface area (TPSA) is 124 Å². The number of nitrogens with one attached hydrogen (secondary N) is 1. The Morgan fingerprint density at radius 3 is 2.53 bits per heavy atom. The van der Waals surface area contributed by atoms with Crippen LogP contribution in [0.15, 0.2) is 71.5 Å². The van der Waals surface area contributed by atoms with E-state index in [1.54, 1.807) is 48.5 Å². The first-order chi connectivity index (χ1) is 15.5. The fourth-order valence-corrected chi connectivity index (χ4v) is 3.29. The van der Waals surface area contributed by atoms with Crippen LogP contribution in [0.25, 0.3) is 22.3 Å². The van der Waals surface area contributed by atoms with Crippen LogP contribution in [0.1, 0.15) is 15.9 Å². The molecule has 0 aliphatic rings. The molecule has 0 amide bonds. The van der Waals surface area contributed by atoms with Gasteiger partial charge in [-0.15, -0.1) is 0 Å². The largest absolute Gasteiger partial charge is 0.489 e. The minimum atomic E-state index is -0.686. The molecule has 0 unspecified atom stereocenters. The van der Waals surface area contributed by atoms with Crippen molar-refractivity contribution < 1.29 is 19.2 Å². The summed E-state index contributed by atoms with van der Waals surface area (Å²) in [5.41, 5.74) is 0.963. The average molecular weight is 431 g/mol. The molecule has 160 valence electrons. The molecule has 1 N–H and O–H groups in total. The van der Waals surface area contributed by atoms with Gasteiger partial charge in [-0.25, -0.2) is 9.78 Å². The minimum absolute atomic E-state index is 0.0660. The van der Waals surface area contributed by atoms with E-state index in [0.717, 1.165) is 0 Å².